The zero-order valence-electron chi connectivity index (χ0n) is 19.2. The molecule has 7 nitrogen and oxygen atoms in total. The summed E-state index contributed by atoms with van der Waals surface area (Å²) in [5.74, 6) is 1.64. The van der Waals surface area contributed by atoms with Gasteiger partial charge in [-0.1, -0.05) is 55.4 Å². The van der Waals surface area contributed by atoms with Gasteiger partial charge in [0.05, 0.1) is 18.9 Å². The highest BCUT2D eigenvalue weighted by molar-refractivity contribution is 7.99. The van der Waals surface area contributed by atoms with E-state index in [0.29, 0.717) is 11.0 Å². The van der Waals surface area contributed by atoms with E-state index in [1.54, 1.807) is 19.5 Å². The summed E-state index contributed by atoms with van der Waals surface area (Å²) < 4.78 is 7.25. The number of nitrogens with zero attached hydrogens (tertiary/aromatic N) is 4. The molecule has 0 fully saturated rings. The molecular weight excluding hydrogens is 446 g/mol. The summed E-state index contributed by atoms with van der Waals surface area (Å²) in [6.07, 6.45) is 5.31. The van der Waals surface area contributed by atoms with Gasteiger partial charge in [0, 0.05) is 23.6 Å². The van der Waals surface area contributed by atoms with Gasteiger partial charge in [0.2, 0.25) is 5.91 Å². The Morgan fingerprint density at radius 1 is 1.03 bits per heavy atom. The van der Waals surface area contributed by atoms with Crippen LogP contribution in [0, 0.1) is 0 Å². The van der Waals surface area contributed by atoms with Crippen LogP contribution in [0.2, 0.25) is 0 Å². The number of methoxy groups -OCH3 is 1. The Morgan fingerprint density at radius 2 is 1.76 bits per heavy atom. The van der Waals surface area contributed by atoms with Gasteiger partial charge in [-0.2, -0.15) is 0 Å². The molecule has 2 aromatic heterocycles. The molecular formula is C26H27N5O2S. The van der Waals surface area contributed by atoms with E-state index in [0.717, 1.165) is 35.4 Å². The molecule has 0 aliphatic heterocycles. The van der Waals surface area contributed by atoms with Crippen molar-refractivity contribution >= 4 is 17.7 Å². The molecule has 4 aromatic rings. The highest BCUT2D eigenvalue weighted by Crippen LogP contribution is 2.29. The molecule has 0 bridgehead atoms. The second-order valence-corrected chi connectivity index (χ2v) is 8.63. The molecule has 0 spiro atoms. The maximum atomic E-state index is 12.9. The minimum absolute atomic E-state index is 0.00821. The second kappa shape index (κ2) is 11.5. The van der Waals surface area contributed by atoms with Crippen LogP contribution in [0.15, 0.2) is 84.3 Å². The molecule has 4 rings (SSSR count). The van der Waals surface area contributed by atoms with Crippen LogP contribution in [-0.2, 0) is 4.79 Å². The second-order valence-electron chi connectivity index (χ2n) is 7.68. The molecule has 0 radical (unpaired) electrons. The van der Waals surface area contributed by atoms with Crippen LogP contribution in [0.4, 0.5) is 0 Å². The van der Waals surface area contributed by atoms with Crippen LogP contribution >= 0.6 is 11.8 Å². The molecule has 2 heterocycles. The number of thioether (sulfide) groups is 1. The average molecular weight is 474 g/mol. The number of pyridine rings is 1. The fourth-order valence-corrected chi connectivity index (χ4v) is 4.44. The highest BCUT2D eigenvalue weighted by Gasteiger charge is 2.19. The first-order chi connectivity index (χ1) is 16.7. The molecule has 174 valence electrons. The number of aromatic nitrogens is 4. The predicted octanol–water partition coefficient (Wildman–Crippen LogP) is 5.09. The number of ether oxygens (including phenoxy) is 1. The van der Waals surface area contributed by atoms with Crippen LogP contribution in [0.5, 0.6) is 5.75 Å². The van der Waals surface area contributed by atoms with Crippen molar-refractivity contribution in [1.82, 2.24) is 25.1 Å². The Kier molecular flexibility index (Phi) is 7.93. The Balaban J connectivity index is 1.55. The third-order valence-corrected chi connectivity index (χ3v) is 6.28. The lowest BCUT2D eigenvalue weighted by Gasteiger charge is -2.18. The maximum Gasteiger partial charge on any atom is 0.230 e. The summed E-state index contributed by atoms with van der Waals surface area (Å²) in [6, 6.07) is 21.5. The zero-order chi connectivity index (χ0) is 23.8. The smallest absolute Gasteiger partial charge is 0.230 e. The topological polar surface area (TPSA) is 81.9 Å². The summed E-state index contributed by atoms with van der Waals surface area (Å²) in [6.45, 7) is 2.12. The highest BCUT2D eigenvalue weighted by atomic mass is 32.2. The van der Waals surface area contributed by atoms with Crippen LogP contribution in [0.1, 0.15) is 31.4 Å². The number of benzene rings is 2. The van der Waals surface area contributed by atoms with Crippen LogP contribution in [-0.4, -0.2) is 38.5 Å². The zero-order valence-corrected chi connectivity index (χ0v) is 20.0. The van der Waals surface area contributed by atoms with Gasteiger partial charge in [-0.25, -0.2) is 0 Å². The Labute approximate surface area is 203 Å². The maximum absolute atomic E-state index is 12.9. The van der Waals surface area contributed by atoms with Crippen molar-refractivity contribution in [2.24, 2.45) is 0 Å². The molecule has 0 aliphatic carbocycles. The molecule has 1 amide bonds. The van der Waals surface area contributed by atoms with Crippen molar-refractivity contribution in [2.75, 3.05) is 12.9 Å². The van der Waals surface area contributed by atoms with E-state index in [-0.39, 0.29) is 17.7 Å². The number of nitrogens with one attached hydrogen (secondary N) is 1. The summed E-state index contributed by atoms with van der Waals surface area (Å²) >= 11 is 1.36. The van der Waals surface area contributed by atoms with E-state index in [9.17, 15) is 4.79 Å². The molecule has 1 unspecified atom stereocenters. The number of hydrogen-bond donors (Lipinski definition) is 1. The van der Waals surface area contributed by atoms with Crippen molar-refractivity contribution in [2.45, 2.75) is 31.0 Å². The van der Waals surface area contributed by atoms with Crippen molar-refractivity contribution in [3.8, 4) is 22.8 Å². The van der Waals surface area contributed by atoms with Gasteiger partial charge in [-0.15, -0.1) is 10.2 Å². The van der Waals surface area contributed by atoms with E-state index >= 15 is 0 Å². The summed E-state index contributed by atoms with van der Waals surface area (Å²) in [4.78, 5) is 17.0. The third kappa shape index (κ3) is 5.63. The number of carbonyl (C=O) groups excluding carboxylic acids is 1. The largest absolute Gasteiger partial charge is 0.497 e. The molecule has 1 N–H and O–H groups in total. The van der Waals surface area contributed by atoms with E-state index < -0.39 is 0 Å². The van der Waals surface area contributed by atoms with Gasteiger partial charge in [-0.3, -0.25) is 14.3 Å². The minimum atomic E-state index is -0.0398. The van der Waals surface area contributed by atoms with Crippen molar-refractivity contribution in [3.63, 3.8) is 0 Å². The van der Waals surface area contributed by atoms with Gasteiger partial charge in [-0.05, 0) is 48.4 Å². The lowest BCUT2D eigenvalue weighted by atomic mass is 10.0. The van der Waals surface area contributed by atoms with E-state index in [1.807, 2.05) is 59.2 Å². The molecule has 8 heteroatoms. The molecule has 2 aromatic carbocycles. The lowest BCUT2D eigenvalue weighted by Crippen LogP contribution is -2.30. The number of amides is 1. The quantitative estimate of drug-likeness (QED) is 0.323. The first kappa shape index (κ1) is 23.5. The van der Waals surface area contributed by atoms with Crippen molar-refractivity contribution in [1.29, 1.82) is 0 Å². The first-order valence-corrected chi connectivity index (χ1v) is 12.2. The minimum Gasteiger partial charge on any atom is -0.497 e. The Morgan fingerprint density at radius 3 is 2.44 bits per heavy atom. The summed E-state index contributed by atoms with van der Waals surface area (Å²) in [5, 5.41) is 12.6. The lowest BCUT2D eigenvalue weighted by molar-refractivity contribution is -0.119. The van der Waals surface area contributed by atoms with E-state index in [2.05, 4.69) is 39.6 Å². The fraction of sp³-hybridized carbons (Fsp3) is 0.231. The number of rotatable bonds is 10. The standard InChI is InChI=1S/C26H27N5O2S/c1-3-7-23(19-8-5-4-6-9-19)28-24(32)18-34-26-30-29-25(20-14-16-27-17-15-20)31(26)21-10-12-22(33-2)13-11-21/h4-6,8-17,23H,3,7,18H2,1-2H3,(H,28,32). The van der Waals surface area contributed by atoms with Gasteiger partial charge in [0.15, 0.2) is 11.0 Å². The third-order valence-electron chi connectivity index (χ3n) is 5.35. The molecule has 0 saturated carbocycles. The van der Waals surface area contributed by atoms with Gasteiger partial charge < -0.3 is 10.1 Å². The van der Waals surface area contributed by atoms with E-state index in [1.165, 1.54) is 11.8 Å². The van der Waals surface area contributed by atoms with Crippen molar-refractivity contribution < 1.29 is 9.53 Å². The molecule has 1 atom stereocenters. The SMILES string of the molecule is CCCC(NC(=O)CSc1nnc(-c2ccncc2)n1-c1ccc(OC)cc1)c1ccccc1. The van der Waals surface area contributed by atoms with E-state index in [4.69, 9.17) is 4.74 Å². The molecule has 0 aliphatic rings. The average Bonchev–Trinajstić information content (AvgIpc) is 3.32. The van der Waals surface area contributed by atoms with Crippen LogP contribution in [0.3, 0.4) is 0 Å². The van der Waals surface area contributed by atoms with Gasteiger partial charge in [0.25, 0.3) is 0 Å². The fourth-order valence-electron chi connectivity index (χ4n) is 3.68. The normalized spacial score (nSPS) is 11.7. The molecule has 0 saturated heterocycles. The number of hydrogen-bond acceptors (Lipinski definition) is 6. The first-order valence-electron chi connectivity index (χ1n) is 11.2. The van der Waals surface area contributed by atoms with Crippen LogP contribution < -0.4 is 10.1 Å². The van der Waals surface area contributed by atoms with Gasteiger partial charge >= 0.3 is 0 Å². The van der Waals surface area contributed by atoms with Crippen LogP contribution in [0.25, 0.3) is 17.1 Å². The number of carbonyl (C=O) groups is 1. The Bertz CT molecular complexity index is 1200. The summed E-state index contributed by atoms with van der Waals surface area (Å²) in [7, 11) is 1.64. The predicted molar refractivity (Wildman–Crippen MR) is 134 cm³/mol. The molecule has 34 heavy (non-hydrogen) atoms. The van der Waals surface area contributed by atoms with Crippen molar-refractivity contribution in [3.05, 3.63) is 84.7 Å². The monoisotopic (exact) mass is 473 g/mol. The summed E-state index contributed by atoms with van der Waals surface area (Å²) in [5.41, 5.74) is 2.89. The Hall–Kier alpha value is -3.65. The van der Waals surface area contributed by atoms with Gasteiger partial charge in [0.1, 0.15) is 5.75 Å².